The molecule has 9 heteroatoms. The molecule has 2 amide bonds. The summed E-state index contributed by atoms with van der Waals surface area (Å²) in [6.07, 6.45) is 0. The molecule has 31 heavy (non-hydrogen) atoms. The number of hydrogen-bond acceptors (Lipinski definition) is 6. The first kappa shape index (κ1) is 22.4. The summed E-state index contributed by atoms with van der Waals surface area (Å²) in [6.45, 7) is 5.22. The number of carbonyl (C=O) groups is 2. The number of nitrogens with zero attached hydrogens (tertiary/aromatic N) is 3. The van der Waals surface area contributed by atoms with Gasteiger partial charge in [-0.05, 0) is 38.1 Å². The Balaban J connectivity index is 1.69. The number of ether oxygens (including phenoxy) is 1. The van der Waals surface area contributed by atoms with E-state index in [1.807, 2.05) is 66.9 Å². The number of amides is 2. The Labute approximate surface area is 185 Å². The van der Waals surface area contributed by atoms with E-state index in [1.165, 1.54) is 18.7 Å². The van der Waals surface area contributed by atoms with Crippen LogP contribution in [0.15, 0.2) is 53.7 Å². The number of thioether (sulfide) groups is 1. The van der Waals surface area contributed by atoms with Crippen LogP contribution in [0.25, 0.3) is 5.69 Å². The molecule has 0 bridgehead atoms. The predicted octanol–water partition coefficient (Wildman–Crippen LogP) is 3.51. The molecule has 162 valence electrons. The maximum atomic E-state index is 12.6. The average molecular weight is 440 g/mol. The van der Waals surface area contributed by atoms with E-state index < -0.39 is 0 Å². The molecule has 0 fully saturated rings. The molecule has 0 radical (unpaired) electrons. The quantitative estimate of drug-likeness (QED) is 0.521. The molecule has 1 heterocycles. The van der Waals surface area contributed by atoms with Gasteiger partial charge in [-0.3, -0.25) is 14.2 Å². The fraction of sp³-hybridized carbons (Fsp3) is 0.273. The lowest BCUT2D eigenvalue weighted by Gasteiger charge is -2.17. The maximum Gasteiger partial charge on any atom is 0.230 e. The van der Waals surface area contributed by atoms with Crippen LogP contribution < -0.4 is 15.4 Å². The SMILES string of the molecule is COc1ccccc1C(C)NC(=O)CSc1nnc(C)n1-c1cccc(NC(C)=O)c1. The first-order chi connectivity index (χ1) is 14.9. The van der Waals surface area contributed by atoms with Gasteiger partial charge in [-0.2, -0.15) is 0 Å². The van der Waals surface area contributed by atoms with Crippen molar-refractivity contribution in [2.24, 2.45) is 0 Å². The van der Waals surface area contributed by atoms with Crippen LogP contribution in [0.1, 0.15) is 31.3 Å². The lowest BCUT2D eigenvalue weighted by Crippen LogP contribution is -2.28. The van der Waals surface area contributed by atoms with Crippen LogP contribution in [-0.2, 0) is 9.59 Å². The summed E-state index contributed by atoms with van der Waals surface area (Å²) in [7, 11) is 1.61. The first-order valence-electron chi connectivity index (χ1n) is 9.74. The molecule has 2 N–H and O–H groups in total. The molecule has 0 saturated heterocycles. The van der Waals surface area contributed by atoms with Crippen molar-refractivity contribution in [3.63, 3.8) is 0 Å². The zero-order valence-electron chi connectivity index (χ0n) is 17.9. The summed E-state index contributed by atoms with van der Waals surface area (Å²) < 4.78 is 7.23. The summed E-state index contributed by atoms with van der Waals surface area (Å²) in [4.78, 5) is 23.9. The summed E-state index contributed by atoms with van der Waals surface area (Å²) in [5.74, 6) is 1.33. The molecular formula is C22H25N5O3S. The van der Waals surface area contributed by atoms with E-state index >= 15 is 0 Å². The second kappa shape index (κ2) is 10.1. The van der Waals surface area contributed by atoms with Crippen LogP contribution in [0, 0.1) is 6.92 Å². The highest BCUT2D eigenvalue weighted by Crippen LogP contribution is 2.26. The lowest BCUT2D eigenvalue weighted by atomic mass is 10.1. The van der Waals surface area contributed by atoms with Crippen LogP contribution in [0.5, 0.6) is 5.75 Å². The molecule has 8 nitrogen and oxygen atoms in total. The smallest absolute Gasteiger partial charge is 0.230 e. The van der Waals surface area contributed by atoms with Gasteiger partial charge in [0, 0.05) is 18.2 Å². The number of aromatic nitrogens is 3. The summed E-state index contributed by atoms with van der Waals surface area (Å²) in [5.41, 5.74) is 2.40. The maximum absolute atomic E-state index is 12.6. The third-order valence-electron chi connectivity index (χ3n) is 4.54. The topological polar surface area (TPSA) is 98.1 Å². The molecule has 3 rings (SSSR count). The van der Waals surface area contributed by atoms with Gasteiger partial charge in [-0.25, -0.2) is 0 Å². The van der Waals surface area contributed by atoms with Crippen molar-refractivity contribution in [1.82, 2.24) is 20.1 Å². The molecule has 0 aliphatic heterocycles. The minimum absolute atomic E-state index is 0.123. The fourth-order valence-electron chi connectivity index (χ4n) is 3.17. The van der Waals surface area contributed by atoms with E-state index in [4.69, 9.17) is 4.74 Å². The number of para-hydroxylation sites is 1. The second-order valence-electron chi connectivity index (χ2n) is 6.92. The van der Waals surface area contributed by atoms with Crippen LogP contribution >= 0.6 is 11.8 Å². The zero-order chi connectivity index (χ0) is 22.4. The molecule has 0 aliphatic carbocycles. The molecular weight excluding hydrogens is 414 g/mol. The van der Waals surface area contributed by atoms with E-state index in [0.717, 1.165) is 17.0 Å². The normalized spacial score (nSPS) is 11.6. The zero-order valence-corrected chi connectivity index (χ0v) is 18.7. The van der Waals surface area contributed by atoms with Gasteiger partial charge in [0.1, 0.15) is 11.6 Å². The van der Waals surface area contributed by atoms with E-state index in [-0.39, 0.29) is 23.6 Å². The first-order valence-corrected chi connectivity index (χ1v) is 10.7. The number of hydrogen-bond donors (Lipinski definition) is 2. The van der Waals surface area contributed by atoms with Crippen LogP contribution in [0.3, 0.4) is 0 Å². The van der Waals surface area contributed by atoms with Crippen molar-refractivity contribution >= 4 is 29.3 Å². The fourth-order valence-corrected chi connectivity index (χ4v) is 3.98. The number of aryl methyl sites for hydroxylation is 1. The average Bonchev–Trinajstić information content (AvgIpc) is 3.12. The Hall–Kier alpha value is -3.33. The highest BCUT2D eigenvalue weighted by Gasteiger charge is 2.17. The van der Waals surface area contributed by atoms with E-state index in [1.54, 1.807) is 7.11 Å². The van der Waals surface area contributed by atoms with Crippen LogP contribution in [0.4, 0.5) is 5.69 Å². The Morgan fingerprint density at radius 1 is 1.16 bits per heavy atom. The third kappa shape index (κ3) is 5.64. The largest absolute Gasteiger partial charge is 0.496 e. The Morgan fingerprint density at radius 3 is 2.68 bits per heavy atom. The van der Waals surface area contributed by atoms with Gasteiger partial charge in [-0.1, -0.05) is 36.0 Å². The number of anilines is 1. The Kier molecular flexibility index (Phi) is 7.30. The molecule has 1 atom stereocenters. The van der Waals surface area contributed by atoms with Crippen LogP contribution in [0.2, 0.25) is 0 Å². The number of benzene rings is 2. The van der Waals surface area contributed by atoms with Crippen molar-refractivity contribution in [1.29, 1.82) is 0 Å². The van der Waals surface area contributed by atoms with Crippen molar-refractivity contribution < 1.29 is 14.3 Å². The number of carbonyl (C=O) groups excluding carboxylic acids is 2. The van der Waals surface area contributed by atoms with Gasteiger partial charge < -0.3 is 15.4 Å². The van der Waals surface area contributed by atoms with Crippen molar-refractivity contribution in [3.05, 3.63) is 59.9 Å². The lowest BCUT2D eigenvalue weighted by molar-refractivity contribution is -0.119. The molecule has 1 unspecified atom stereocenters. The predicted molar refractivity (Wildman–Crippen MR) is 121 cm³/mol. The minimum Gasteiger partial charge on any atom is -0.496 e. The van der Waals surface area contributed by atoms with Crippen molar-refractivity contribution in [2.45, 2.75) is 32.0 Å². The van der Waals surface area contributed by atoms with E-state index in [9.17, 15) is 9.59 Å². The van der Waals surface area contributed by atoms with Gasteiger partial charge >= 0.3 is 0 Å². The summed E-state index contributed by atoms with van der Waals surface area (Å²) >= 11 is 1.30. The molecule has 2 aromatic carbocycles. The number of methoxy groups -OCH3 is 1. The molecule has 0 aliphatic rings. The second-order valence-corrected chi connectivity index (χ2v) is 7.86. The Morgan fingerprint density at radius 2 is 1.94 bits per heavy atom. The van der Waals surface area contributed by atoms with Gasteiger partial charge in [0.05, 0.1) is 24.6 Å². The van der Waals surface area contributed by atoms with Crippen molar-refractivity contribution in [3.8, 4) is 11.4 Å². The Bertz CT molecular complexity index is 1080. The van der Waals surface area contributed by atoms with Gasteiger partial charge in [0.15, 0.2) is 5.16 Å². The van der Waals surface area contributed by atoms with Gasteiger partial charge in [0.2, 0.25) is 11.8 Å². The van der Waals surface area contributed by atoms with Crippen LogP contribution in [-0.4, -0.2) is 39.4 Å². The minimum atomic E-state index is -0.196. The number of rotatable bonds is 8. The van der Waals surface area contributed by atoms with Gasteiger partial charge in [-0.15, -0.1) is 10.2 Å². The van der Waals surface area contributed by atoms with Crippen molar-refractivity contribution in [2.75, 3.05) is 18.2 Å². The van der Waals surface area contributed by atoms with E-state index in [0.29, 0.717) is 16.7 Å². The molecule has 3 aromatic rings. The van der Waals surface area contributed by atoms with Gasteiger partial charge in [0.25, 0.3) is 0 Å². The highest BCUT2D eigenvalue weighted by molar-refractivity contribution is 7.99. The number of nitrogens with one attached hydrogen (secondary N) is 2. The summed E-state index contributed by atoms with van der Waals surface area (Å²) in [5, 5.41) is 14.7. The van der Waals surface area contributed by atoms with E-state index in [2.05, 4.69) is 20.8 Å². The summed E-state index contributed by atoms with van der Waals surface area (Å²) in [6, 6.07) is 14.8. The monoisotopic (exact) mass is 439 g/mol. The standard InChI is InChI=1S/C22H25N5O3S/c1-14(19-10-5-6-11-20(19)30-4)23-21(29)13-31-22-26-25-15(2)27(22)18-9-7-8-17(12-18)24-16(3)28/h5-12,14H,13H2,1-4H3,(H,23,29)(H,24,28). The third-order valence-corrected chi connectivity index (χ3v) is 5.46. The molecule has 0 saturated carbocycles. The molecule has 0 spiro atoms. The highest BCUT2D eigenvalue weighted by atomic mass is 32.2. The molecule has 1 aromatic heterocycles.